The van der Waals surface area contributed by atoms with E-state index in [2.05, 4.69) is 10.5 Å². The number of aryl methyl sites for hydroxylation is 4. The molecule has 0 spiro atoms. The number of rotatable bonds is 8. The van der Waals surface area contributed by atoms with Crippen LogP contribution in [-0.4, -0.2) is 31.7 Å². The van der Waals surface area contributed by atoms with Gasteiger partial charge in [-0.25, -0.2) is 18.2 Å². The normalized spacial score (nSPS) is 11.6. The molecule has 9 heteroatoms. The number of carbonyl (C=O) groups is 1. The number of hydrogen-bond acceptors (Lipinski definition) is 4. The fraction of sp³-hybridized carbons (Fsp3) is 0.200. The van der Waals surface area contributed by atoms with Crippen LogP contribution in [0.3, 0.4) is 0 Å². The molecule has 0 saturated carbocycles. The lowest BCUT2D eigenvalue weighted by atomic mass is 10.1. The second-order valence-electron chi connectivity index (χ2n) is 9.50. The maximum atomic E-state index is 14.4. The Morgan fingerprint density at radius 1 is 0.949 bits per heavy atom. The molecule has 0 fully saturated rings. The number of nitrogens with zero attached hydrogens (tertiary/aromatic N) is 3. The third kappa shape index (κ3) is 5.93. The van der Waals surface area contributed by atoms with Crippen molar-refractivity contribution >= 4 is 27.8 Å². The second-order valence-corrected chi connectivity index (χ2v) is 11.4. The van der Waals surface area contributed by atoms with Crippen molar-refractivity contribution in [2.45, 2.75) is 39.5 Å². The van der Waals surface area contributed by atoms with Crippen molar-refractivity contribution in [1.82, 2.24) is 9.99 Å². The number of sulfonamides is 1. The van der Waals surface area contributed by atoms with Gasteiger partial charge in [0.15, 0.2) is 0 Å². The van der Waals surface area contributed by atoms with Gasteiger partial charge in [0, 0.05) is 17.0 Å². The van der Waals surface area contributed by atoms with Crippen molar-refractivity contribution in [3.63, 3.8) is 0 Å². The van der Waals surface area contributed by atoms with Crippen LogP contribution in [0.25, 0.3) is 5.69 Å². The number of para-hydroxylation sites is 1. The largest absolute Gasteiger partial charge is 0.315 e. The van der Waals surface area contributed by atoms with E-state index in [9.17, 15) is 17.6 Å². The highest BCUT2D eigenvalue weighted by atomic mass is 32.2. The zero-order valence-corrected chi connectivity index (χ0v) is 23.4. The van der Waals surface area contributed by atoms with Gasteiger partial charge in [0.05, 0.1) is 22.5 Å². The SMILES string of the molecule is Cc1ccc(S(=O)(=O)N(CC(=O)N/N=C\c2cc(C)n(-c3ccccc3F)c2C)c2ccc(C)c(C)c2)cc1. The standard InChI is InChI=1S/C30H31FN4O3S/c1-20-10-14-27(15-11-20)39(37,38)34(26-13-12-21(2)22(3)16-26)19-30(36)33-32-18-25-17-23(4)35(24(25)5)29-9-7-6-8-28(29)31/h6-18H,19H2,1-5H3,(H,33,36)/b32-18-. The van der Waals surface area contributed by atoms with Gasteiger partial charge in [-0.3, -0.25) is 9.10 Å². The van der Waals surface area contributed by atoms with Crippen LogP contribution in [-0.2, 0) is 14.8 Å². The maximum absolute atomic E-state index is 14.4. The van der Waals surface area contributed by atoms with Gasteiger partial charge in [-0.1, -0.05) is 35.9 Å². The third-order valence-corrected chi connectivity index (χ3v) is 8.42. The average molecular weight is 547 g/mol. The molecule has 39 heavy (non-hydrogen) atoms. The van der Waals surface area contributed by atoms with Gasteiger partial charge in [-0.15, -0.1) is 0 Å². The molecule has 1 heterocycles. The molecule has 4 aromatic rings. The molecule has 0 aliphatic carbocycles. The molecule has 0 aliphatic rings. The minimum Gasteiger partial charge on any atom is -0.315 e. The van der Waals surface area contributed by atoms with Gasteiger partial charge in [0.2, 0.25) is 0 Å². The predicted octanol–water partition coefficient (Wildman–Crippen LogP) is 5.50. The fourth-order valence-corrected chi connectivity index (χ4v) is 5.71. The lowest BCUT2D eigenvalue weighted by Gasteiger charge is -2.24. The fourth-order valence-electron chi connectivity index (χ4n) is 4.29. The molecular weight excluding hydrogens is 515 g/mol. The van der Waals surface area contributed by atoms with Crippen LogP contribution in [0.1, 0.15) is 33.6 Å². The highest BCUT2D eigenvalue weighted by molar-refractivity contribution is 7.92. The Kier molecular flexibility index (Phi) is 8.01. The Labute approximate surface area is 228 Å². The minimum absolute atomic E-state index is 0.0863. The number of amides is 1. The van der Waals surface area contributed by atoms with Crippen LogP contribution in [0.2, 0.25) is 0 Å². The van der Waals surface area contributed by atoms with Gasteiger partial charge >= 0.3 is 0 Å². The van der Waals surface area contributed by atoms with Crippen molar-refractivity contribution in [3.05, 3.63) is 112 Å². The molecule has 0 unspecified atom stereocenters. The predicted molar refractivity (Wildman–Crippen MR) is 153 cm³/mol. The molecule has 0 bridgehead atoms. The highest BCUT2D eigenvalue weighted by Crippen LogP contribution is 2.26. The van der Waals surface area contributed by atoms with Gasteiger partial charge in [0.1, 0.15) is 12.4 Å². The smallest absolute Gasteiger partial charge is 0.264 e. The maximum Gasteiger partial charge on any atom is 0.264 e. The molecule has 0 radical (unpaired) electrons. The number of anilines is 1. The monoisotopic (exact) mass is 546 g/mol. The number of aromatic nitrogens is 1. The lowest BCUT2D eigenvalue weighted by Crippen LogP contribution is -2.39. The topological polar surface area (TPSA) is 83.8 Å². The molecule has 0 saturated heterocycles. The summed E-state index contributed by atoms with van der Waals surface area (Å²) >= 11 is 0. The van der Waals surface area contributed by atoms with Crippen LogP contribution in [0, 0.1) is 40.4 Å². The van der Waals surface area contributed by atoms with Crippen molar-refractivity contribution in [2.24, 2.45) is 5.10 Å². The molecule has 0 aliphatic heterocycles. The van der Waals surface area contributed by atoms with Crippen LogP contribution >= 0.6 is 0 Å². The molecule has 202 valence electrons. The van der Waals surface area contributed by atoms with Gasteiger partial charge in [-0.05, 0) is 88.2 Å². The van der Waals surface area contributed by atoms with E-state index in [1.807, 2.05) is 46.8 Å². The molecular formula is C30H31FN4O3S. The quantitative estimate of drug-likeness (QED) is 0.234. The Morgan fingerprint density at radius 2 is 1.64 bits per heavy atom. The van der Waals surface area contributed by atoms with E-state index in [1.54, 1.807) is 47.0 Å². The highest BCUT2D eigenvalue weighted by Gasteiger charge is 2.27. The molecule has 1 N–H and O–H groups in total. The summed E-state index contributed by atoms with van der Waals surface area (Å²) in [6, 6.07) is 20.0. The summed E-state index contributed by atoms with van der Waals surface area (Å²) < 4.78 is 44.4. The van der Waals surface area contributed by atoms with Crippen molar-refractivity contribution in [2.75, 3.05) is 10.8 Å². The van der Waals surface area contributed by atoms with E-state index in [0.717, 1.165) is 32.4 Å². The molecule has 0 atom stereocenters. The third-order valence-electron chi connectivity index (χ3n) is 6.63. The first-order chi connectivity index (χ1) is 18.5. The van der Waals surface area contributed by atoms with E-state index >= 15 is 0 Å². The van der Waals surface area contributed by atoms with E-state index in [-0.39, 0.29) is 10.7 Å². The van der Waals surface area contributed by atoms with E-state index in [1.165, 1.54) is 24.4 Å². The molecule has 1 amide bonds. The first kappa shape index (κ1) is 27.8. The first-order valence-electron chi connectivity index (χ1n) is 12.4. The summed E-state index contributed by atoms with van der Waals surface area (Å²) in [5.74, 6) is -0.958. The van der Waals surface area contributed by atoms with E-state index in [4.69, 9.17) is 0 Å². The summed E-state index contributed by atoms with van der Waals surface area (Å²) in [5.41, 5.74) is 8.31. The Morgan fingerprint density at radius 3 is 2.31 bits per heavy atom. The number of halogens is 1. The Balaban J connectivity index is 1.58. The van der Waals surface area contributed by atoms with Gasteiger partial charge < -0.3 is 4.57 Å². The summed E-state index contributed by atoms with van der Waals surface area (Å²) in [6.07, 6.45) is 1.46. The molecule has 3 aromatic carbocycles. The van der Waals surface area contributed by atoms with Gasteiger partial charge in [0.25, 0.3) is 15.9 Å². The van der Waals surface area contributed by atoms with Crippen molar-refractivity contribution in [3.8, 4) is 5.69 Å². The first-order valence-corrected chi connectivity index (χ1v) is 13.9. The summed E-state index contributed by atoms with van der Waals surface area (Å²) in [6.45, 7) is 8.91. The van der Waals surface area contributed by atoms with Crippen LogP contribution in [0.15, 0.2) is 82.8 Å². The lowest BCUT2D eigenvalue weighted by molar-refractivity contribution is -0.119. The molecule has 4 rings (SSSR count). The van der Waals surface area contributed by atoms with Gasteiger partial charge in [-0.2, -0.15) is 5.10 Å². The zero-order chi connectivity index (χ0) is 28.3. The van der Waals surface area contributed by atoms with E-state index in [0.29, 0.717) is 16.9 Å². The molecule has 1 aromatic heterocycles. The number of carbonyl (C=O) groups excluding carboxylic acids is 1. The summed E-state index contributed by atoms with van der Waals surface area (Å²) in [7, 11) is -4.03. The molecule has 7 nitrogen and oxygen atoms in total. The van der Waals surface area contributed by atoms with E-state index < -0.39 is 22.5 Å². The van der Waals surface area contributed by atoms with Crippen LogP contribution in [0.5, 0.6) is 0 Å². The minimum atomic E-state index is -4.03. The average Bonchev–Trinajstić information content (AvgIpc) is 3.17. The summed E-state index contributed by atoms with van der Waals surface area (Å²) in [4.78, 5) is 13.0. The van der Waals surface area contributed by atoms with Crippen molar-refractivity contribution < 1.29 is 17.6 Å². The van der Waals surface area contributed by atoms with Crippen LogP contribution in [0.4, 0.5) is 10.1 Å². The number of hydrazone groups is 1. The second kappa shape index (κ2) is 11.2. The number of nitrogens with one attached hydrogen (secondary N) is 1. The number of benzene rings is 3. The van der Waals surface area contributed by atoms with Crippen molar-refractivity contribution in [1.29, 1.82) is 0 Å². The summed E-state index contributed by atoms with van der Waals surface area (Å²) in [5, 5.41) is 4.06. The number of hydrogen-bond donors (Lipinski definition) is 1. The zero-order valence-electron chi connectivity index (χ0n) is 22.6. The van der Waals surface area contributed by atoms with Crippen LogP contribution < -0.4 is 9.73 Å². The Hall–Kier alpha value is -4.24. The Bertz CT molecular complexity index is 1660.